The molecule has 1 aromatic rings. The van der Waals surface area contributed by atoms with E-state index in [1.54, 1.807) is 0 Å². The van der Waals surface area contributed by atoms with Crippen LogP contribution in [-0.2, 0) is 16.1 Å². The van der Waals surface area contributed by atoms with Gasteiger partial charge in [-0.2, -0.15) is 5.43 Å². The highest BCUT2D eigenvalue weighted by Gasteiger charge is 2.56. The molecule has 4 nitrogen and oxygen atoms in total. The van der Waals surface area contributed by atoms with E-state index >= 15 is 0 Å². The van der Waals surface area contributed by atoms with Crippen LogP contribution in [0, 0.1) is 5.92 Å². The summed E-state index contributed by atoms with van der Waals surface area (Å²) < 4.78 is 5.34. The Labute approximate surface area is 100 Å². The van der Waals surface area contributed by atoms with Gasteiger partial charge in [-0.15, -0.1) is 0 Å². The molecule has 1 spiro atoms. The van der Waals surface area contributed by atoms with Crippen LogP contribution in [0.25, 0.3) is 0 Å². The summed E-state index contributed by atoms with van der Waals surface area (Å²) in [6, 6.07) is 9.75. The lowest BCUT2D eigenvalue weighted by Crippen LogP contribution is -2.74. The molecule has 1 aliphatic carbocycles. The zero-order valence-electron chi connectivity index (χ0n) is 9.56. The maximum atomic E-state index is 11.9. The molecular formula is C13H15N2O2. The summed E-state index contributed by atoms with van der Waals surface area (Å²) in [5, 5.41) is 0. The monoisotopic (exact) mass is 231 g/mol. The molecule has 2 aliphatic rings. The Morgan fingerprint density at radius 3 is 2.76 bits per heavy atom. The van der Waals surface area contributed by atoms with Crippen molar-refractivity contribution in [3.05, 3.63) is 35.9 Å². The molecule has 1 heterocycles. The van der Waals surface area contributed by atoms with E-state index in [9.17, 15) is 4.79 Å². The fourth-order valence-corrected chi connectivity index (χ4v) is 2.42. The van der Waals surface area contributed by atoms with Crippen molar-refractivity contribution in [3.8, 4) is 0 Å². The third-order valence-electron chi connectivity index (χ3n) is 3.71. The van der Waals surface area contributed by atoms with Crippen molar-refractivity contribution < 1.29 is 9.53 Å². The smallest absolute Gasteiger partial charge is 0.311 e. The number of rotatable bonds is 3. The van der Waals surface area contributed by atoms with Crippen LogP contribution in [0.1, 0.15) is 18.4 Å². The molecule has 3 rings (SSSR count). The molecule has 0 bridgehead atoms. The second-order valence-electron chi connectivity index (χ2n) is 4.73. The molecule has 2 unspecified atom stereocenters. The van der Waals surface area contributed by atoms with Gasteiger partial charge in [0.05, 0.1) is 11.5 Å². The Hall–Kier alpha value is -1.39. The third-order valence-corrected chi connectivity index (χ3v) is 3.71. The van der Waals surface area contributed by atoms with Gasteiger partial charge in [-0.05, 0) is 18.4 Å². The first-order valence-corrected chi connectivity index (χ1v) is 5.95. The predicted octanol–water partition coefficient (Wildman–Crippen LogP) is 1.00. The molecule has 1 radical (unpaired) electrons. The molecule has 1 saturated heterocycles. The van der Waals surface area contributed by atoms with E-state index in [0.717, 1.165) is 24.9 Å². The normalized spacial score (nSPS) is 30.5. The summed E-state index contributed by atoms with van der Waals surface area (Å²) in [5.74, 6) is -0.141. The zero-order valence-corrected chi connectivity index (χ0v) is 9.56. The van der Waals surface area contributed by atoms with Gasteiger partial charge in [-0.3, -0.25) is 4.79 Å². The van der Waals surface area contributed by atoms with E-state index in [1.807, 2.05) is 30.3 Å². The average molecular weight is 231 g/mol. The number of carbonyl (C=O) groups is 1. The quantitative estimate of drug-likeness (QED) is 0.790. The highest BCUT2D eigenvalue weighted by Crippen LogP contribution is 2.42. The summed E-state index contributed by atoms with van der Waals surface area (Å²) >= 11 is 0. The van der Waals surface area contributed by atoms with Gasteiger partial charge in [-0.1, -0.05) is 30.3 Å². The van der Waals surface area contributed by atoms with E-state index in [1.165, 1.54) is 0 Å². The van der Waals surface area contributed by atoms with Crippen LogP contribution in [0.5, 0.6) is 0 Å². The lowest BCUT2D eigenvalue weighted by molar-refractivity contribution is -0.163. The van der Waals surface area contributed by atoms with Crippen molar-refractivity contribution in [1.82, 2.24) is 10.9 Å². The predicted molar refractivity (Wildman–Crippen MR) is 61.8 cm³/mol. The van der Waals surface area contributed by atoms with Crippen LogP contribution in [-0.4, -0.2) is 18.1 Å². The molecule has 0 aromatic heterocycles. The van der Waals surface area contributed by atoms with Crippen LogP contribution in [0.4, 0.5) is 0 Å². The molecule has 89 valence electrons. The van der Waals surface area contributed by atoms with Gasteiger partial charge in [0.15, 0.2) is 0 Å². The SMILES string of the molecule is O=C(OCc1ccccc1)C1CCC12CN[N]2. The molecule has 2 atom stereocenters. The second-order valence-corrected chi connectivity index (χ2v) is 4.73. The number of nitrogens with zero attached hydrogens (tertiary/aromatic N) is 1. The lowest BCUT2D eigenvalue weighted by Gasteiger charge is -2.53. The van der Waals surface area contributed by atoms with E-state index in [-0.39, 0.29) is 17.4 Å². The molecule has 4 heteroatoms. The topological polar surface area (TPSA) is 52.4 Å². The number of hydrogen-bond donors (Lipinski definition) is 1. The molecular weight excluding hydrogens is 216 g/mol. The average Bonchev–Trinajstić information content (AvgIpc) is 2.24. The fraction of sp³-hybridized carbons (Fsp3) is 0.462. The first-order valence-electron chi connectivity index (χ1n) is 5.95. The summed E-state index contributed by atoms with van der Waals surface area (Å²) in [6.45, 7) is 1.18. The Balaban J connectivity index is 1.54. The second kappa shape index (κ2) is 4.13. The van der Waals surface area contributed by atoms with E-state index in [2.05, 4.69) is 10.9 Å². The Kier molecular flexibility index (Phi) is 2.61. The van der Waals surface area contributed by atoms with Gasteiger partial charge in [-0.25, -0.2) is 5.43 Å². The van der Waals surface area contributed by atoms with Crippen LogP contribution in [0.2, 0.25) is 0 Å². The summed E-state index contributed by atoms with van der Waals surface area (Å²) in [4.78, 5) is 11.9. The molecule has 1 N–H and O–H groups in total. The van der Waals surface area contributed by atoms with Gasteiger partial charge in [0.2, 0.25) is 0 Å². The standard InChI is InChI=1S/C13H15N2O2/c16-12(11-6-7-13(11)9-14-15-13)17-8-10-4-2-1-3-5-10/h1-5,11,14H,6-9H2. The van der Waals surface area contributed by atoms with Gasteiger partial charge in [0, 0.05) is 6.54 Å². The zero-order chi connectivity index (χ0) is 11.7. The summed E-state index contributed by atoms with van der Waals surface area (Å²) in [6.07, 6.45) is 1.91. The van der Waals surface area contributed by atoms with Gasteiger partial charge in [0.1, 0.15) is 6.61 Å². The Morgan fingerprint density at radius 2 is 2.24 bits per heavy atom. The third kappa shape index (κ3) is 1.83. The van der Waals surface area contributed by atoms with E-state index in [4.69, 9.17) is 4.74 Å². The number of hydrogen-bond acceptors (Lipinski definition) is 3. The minimum Gasteiger partial charge on any atom is -0.461 e. The molecule has 0 amide bonds. The van der Waals surface area contributed by atoms with Gasteiger partial charge >= 0.3 is 5.97 Å². The van der Waals surface area contributed by atoms with Crippen molar-refractivity contribution in [1.29, 1.82) is 0 Å². The van der Waals surface area contributed by atoms with Crippen molar-refractivity contribution in [2.75, 3.05) is 6.54 Å². The highest BCUT2D eigenvalue weighted by atomic mass is 16.5. The number of carbonyl (C=O) groups excluding carboxylic acids is 1. The first-order chi connectivity index (χ1) is 8.30. The molecule has 1 aromatic carbocycles. The van der Waals surface area contributed by atoms with Crippen LogP contribution < -0.4 is 10.9 Å². The van der Waals surface area contributed by atoms with E-state index in [0.29, 0.717) is 6.61 Å². The summed E-state index contributed by atoms with van der Waals surface area (Å²) in [7, 11) is 0. The Bertz CT molecular complexity index is 409. The molecule has 17 heavy (non-hydrogen) atoms. The minimum absolute atomic E-state index is 0.0348. The van der Waals surface area contributed by atoms with Crippen LogP contribution in [0.3, 0.4) is 0 Å². The maximum absolute atomic E-state index is 11.9. The largest absolute Gasteiger partial charge is 0.461 e. The number of nitrogens with one attached hydrogen (secondary N) is 1. The molecule has 2 fully saturated rings. The lowest BCUT2D eigenvalue weighted by atomic mass is 9.65. The van der Waals surface area contributed by atoms with Crippen molar-refractivity contribution in [2.45, 2.75) is 25.0 Å². The molecule has 1 aliphatic heterocycles. The fourth-order valence-electron chi connectivity index (χ4n) is 2.42. The maximum Gasteiger partial charge on any atom is 0.311 e. The van der Waals surface area contributed by atoms with Crippen LogP contribution in [0.15, 0.2) is 30.3 Å². The van der Waals surface area contributed by atoms with Gasteiger partial charge < -0.3 is 4.74 Å². The number of esters is 1. The van der Waals surface area contributed by atoms with E-state index < -0.39 is 0 Å². The first kappa shape index (κ1) is 10.7. The van der Waals surface area contributed by atoms with Crippen molar-refractivity contribution >= 4 is 5.97 Å². The number of benzene rings is 1. The van der Waals surface area contributed by atoms with Crippen molar-refractivity contribution in [3.63, 3.8) is 0 Å². The van der Waals surface area contributed by atoms with Crippen molar-refractivity contribution in [2.24, 2.45) is 5.92 Å². The minimum atomic E-state index is -0.131. The highest BCUT2D eigenvalue weighted by molar-refractivity contribution is 5.76. The van der Waals surface area contributed by atoms with Crippen LogP contribution >= 0.6 is 0 Å². The summed E-state index contributed by atoms with van der Waals surface area (Å²) in [5.41, 5.74) is 7.99. The van der Waals surface area contributed by atoms with Gasteiger partial charge in [0.25, 0.3) is 0 Å². The Morgan fingerprint density at radius 1 is 1.47 bits per heavy atom. The molecule has 1 saturated carbocycles. The number of ether oxygens (including phenoxy) is 1.